The van der Waals surface area contributed by atoms with Crippen LogP contribution in [0.25, 0.3) is 11.0 Å². The van der Waals surface area contributed by atoms with Gasteiger partial charge < -0.3 is 14.3 Å². The Balaban J connectivity index is 1.93. The summed E-state index contributed by atoms with van der Waals surface area (Å²) >= 11 is 0. The molecule has 3 aromatic rings. The Morgan fingerprint density at radius 1 is 1.41 bits per heavy atom. The van der Waals surface area contributed by atoms with Gasteiger partial charge in [0.25, 0.3) is 5.91 Å². The van der Waals surface area contributed by atoms with Crippen molar-refractivity contribution in [3.05, 3.63) is 66.9 Å². The van der Waals surface area contributed by atoms with E-state index in [-0.39, 0.29) is 11.9 Å². The van der Waals surface area contributed by atoms with Gasteiger partial charge in [-0.2, -0.15) is 0 Å². The molecule has 0 spiro atoms. The minimum atomic E-state index is -0.255. The molecular formula is C17H17N3O2. The van der Waals surface area contributed by atoms with Crippen LogP contribution in [0.15, 0.2) is 59.7 Å². The standard InChI is InChI=1S/C17H17N3O2/c1-3-10-20-14-8-5-4-7-13(14)19-16(20)12(2)18-17(21)15-9-6-11-22-15/h3-9,11-12H,1,10H2,2H3,(H,18,21). The Morgan fingerprint density at radius 2 is 2.23 bits per heavy atom. The maximum Gasteiger partial charge on any atom is 0.287 e. The average Bonchev–Trinajstić information content (AvgIpc) is 3.16. The molecule has 5 heteroatoms. The molecule has 1 unspecified atom stereocenters. The largest absolute Gasteiger partial charge is 0.459 e. The lowest BCUT2D eigenvalue weighted by atomic mass is 10.3. The van der Waals surface area contributed by atoms with Gasteiger partial charge in [-0.3, -0.25) is 4.79 Å². The molecule has 1 aromatic carbocycles. The number of carbonyl (C=O) groups is 1. The van der Waals surface area contributed by atoms with E-state index < -0.39 is 0 Å². The second-order valence-corrected chi connectivity index (χ2v) is 5.03. The molecule has 0 aliphatic carbocycles. The first-order chi connectivity index (χ1) is 10.7. The number of nitrogens with zero attached hydrogens (tertiary/aromatic N) is 2. The van der Waals surface area contributed by atoms with Gasteiger partial charge in [0.05, 0.1) is 23.3 Å². The van der Waals surface area contributed by atoms with Gasteiger partial charge in [0, 0.05) is 6.54 Å². The predicted molar refractivity (Wildman–Crippen MR) is 84.5 cm³/mol. The minimum Gasteiger partial charge on any atom is -0.459 e. The molecular weight excluding hydrogens is 278 g/mol. The normalized spacial score (nSPS) is 12.2. The number of allylic oxidation sites excluding steroid dienone is 1. The fourth-order valence-corrected chi connectivity index (χ4v) is 2.49. The van der Waals surface area contributed by atoms with Crippen LogP contribution in [0, 0.1) is 0 Å². The lowest BCUT2D eigenvalue weighted by molar-refractivity contribution is 0.0909. The lowest BCUT2D eigenvalue weighted by Crippen LogP contribution is -2.28. The van der Waals surface area contributed by atoms with Gasteiger partial charge >= 0.3 is 0 Å². The Labute approximate surface area is 128 Å². The zero-order valence-electron chi connectivity index (χ0n) is 12.3. The molecule has 3 rings (SSSR count). The average molecular weight is 295 g/mol. The molecule has 0 aliphatic heterocycles. The highest BCUT2D eigenvalue weighted by Gasteiger charge is 2.19. The Morgan fingerprint density at radius 3 is 2.95 bits per heavy atom. The Kier molecular flexibility index (Phi) is 3.78. The van der Waals surface area contributed by atoms with Crippen LogP contribution in [0.5, 0.6) is 0 Å². The molecule has 2 heterocycles. The van der Waals surface area contributed by atoms with E-state index in [1.54, 1.807) is 12.1 Å². The monoisotopic (exact) mass is 295 g/mol. The van der Waals surface area contributed by atoms with Crippen molar-refractivity contribution in [3.8, 4) is 0 Å². The van der Waals surface area contributed by atoms with Crippen LogP contribution < -0.4 is 5.32 Å². The van der Waals surface area contributed by atoms with Crippen molar-refractivity contribution in [2.75, 3.05) is 0 Å². The van der Waals surface area contributed by atoms with Gasteiger partial charge in [-0.05, 0) is 31.2 Å². The molecule has 112 valence electrons. The predicted octanol–water partition coefficient (Wildman–Crippen LogP) is 3.31. The minimum absolute atomic E-state index is 0.245. The maximum absolute atomic E-state index is 12.1. The molecule has 1 amide bonds. The van der Waals surface area contributed by atoms with E-state index in [4.69, 9.17) is 4.42 Å². The lowest BCUT2D eigenvalue weighted by Gasteiger charge is -2.14. The number of para-hydroxylation sites is 2. The van der Waals surface area contributed by atoms with Crippen molar-refractivity contribution < 1.29 is 9.21 Å². The number of aromatic nitrogens is 2. The van der Waals surface area contributed by atoms with E-state index in [1.165, 1.54) is 6.26 Å². The third-order valence-electron chi connectivity index (χ3n) is 3.48. The van der Waals surface area contributed by atoms with Crippen LogP contribution in [-0.4, -0.2) is 15.5 Å². The van der Waals surface area contributed by atoms with Crippen LogP contribution in [0.2, 0.25) is 0 Å². The van der Waals surface area contributed by atoms with Crippen LogP contribution in [0.4, 0.5) is 0 Å². The van der Waals surface area contributed by atoms with E-state index in [2.05, 4.69) is 21.4 Å². The highest BCUT2D eigenvalue weighted by atomic mass is 16.3. The summed E-state index contributed by atoms with van der Waals surface area (Å²) in [4.78, 5) is 16.7. The summed E-state index contributed by atoms with van der Waals surface area (Å²) in [5.74, 6) is 0.828. The molecule has 0 fully saturated rings. The SMILES string of the molecule is C=CCn1c(C(C)NC(=O)c2ccco2)nc2ccccc21. The first-order valence-electron chi connectivity index (χ1n) is 7.11. The second kappa shape index (κ2) is 5.89. The first kappa shape index (κ1) is 14.1. The summed E-state index contributed by atoms with van der Waals surface area (Å²) in [6.45, 7) is 6.33. The van der Waals surface area contributed by atoms with Crippen LogP contribution in [0.3, 0.4) is 0 Å². The van der Waals surface area contributed by atoms with Gasteiger partial charge in [0.2, 0.25) is 0 Å². The smallest absolute Gasteiger partial charge is 0.287 e. The highest BCUT2D eigenvalue weighted by molar-refractivity contribution is 5.91. The number of benzene rings is 1. The third kappa shape index (κ3) is 2.53. The third-order valence-corrected chi connectivity index (χ3v) is 3.48. The van der Waals surface area contributed by atoms with E-state index in [0.29, 0.717) is 12.3 Å². The fourth-order valence-electron chi connectivity index (χ4n) is 2.49. The van der Waals surface area contributed by atoms with Gasteiger partial charge in [0.15, 0.2) is 5.76 Å². The number of carbonyl (C=O) groups excluding carboxylic acids is 1. The van der Waals surface area contributed by atoms with Gasteiger partial charge in [-0.25, -0.2) is 4.98 Å². The van der Waals surface area contributed by atoms with Crippen molar-refractivity contribution >= 4 is 16.9 Å². The summed E-state index contributed by atoms with van der Waals surface area (Å²) in [6, 6.07) is 11.0. The molecule has 2 aromatic heterocycles. The Bertz CT molecular complexity index is 803. The molecule has 0 aliphatic rings. The van der Waals surface area contributed by atoms with E-state index in [1.807, 2.05) is 37.3 Å². The van der Waals surface area contributed by atoms with E-state index >= 15 is 0 Å². The summed E-state index contributed by atoms with van der Waals surface area (Å²) in [7, 11) is 0. The van der Waals surface area contributed by atoms with Crippen molar-refractivity contribution in [2.45, 2.75) is 19.5 Å². The van der Waals surface area contributed by atoms with Crippen molar-refractivity contribution in [1.29, 1.82) is 0 Å². The van der Waals surface area contributed by atoms with Crippen LogP contribution >= 0.6 is 0 Å². The van der Waals surface area contributed by atoms with Gasteiger partial charge in [-0.1, -0.05) is 18.2 Å². The van der Waals surface area contributed by atoms with E-state index in [9.17, 15) is 4.79 Å². The first-order valence-corrected chi connectivity index (χ1v) is 7.11. The summed E-state index contributed by atoms with van der Waals surface area (Å²) in [6.07, 6.45) is 3.30. The van der Waals surface area contributed by atoms with E-state index in [0.717, 1.165) is 16.9 Å². The summed E-state index contributed by atoms with van der Waals surface area (Å²) < 4.78 is 7.16. The number of amides is 1. The van der Waals surface area contributed by atoms with Crippen molar-refractivity contribution in [3.63, 3.8) is 0 Å². The number of fused-ring (bicyclic) bond motifs is 1. The fraction of sp³-hybridized carbons (Fsp3) is 0.176. The van der Waals surface area contributed by atoms with Gasteiger partial charge in [-0.15, -0.1) is 6.58 Å². The number of hydrogen-bond donors (Lipinski definition) is 1. The zero-order chi connectivity index (χ0) is 15.5. The van der Waals surface area contributed by atoms with Crippen LogP contribution in [-0.2, 0) is 6.54 Å². The topological polar surface area (TPSA) is 60.1 Å². The van der Waals surface area contributed by atoms with Gasteiger partial charge in [0.1, 0.15) is 5.82 Å². The van der Waals surface area contributed by atoms with Crippen molar-refractivity contribution in [1.82, 2.24) is 14.9 Å². The number of nitrogens with one attached hydrogen (secondary N) is 1. The molecule has 0 radical (unpaired) electrons. The maximum atomic E-state index is 12.1. The zero-order valence-corrected chi connectivity index (χ0v) is 12.3. The number of hydrogen-bond acceptors (Lipinski definition) is 3. The quantitative estimate of drug-likeness (QED) is 0.735. The summed E-state index contributed by atoms with van der Waals surface area (Å²) in [5, 5.41) is 2.91. The number of imidazole rings is 1. The molecule has 5 nitrogen and oxygen atoms in total. The molecule has 22 heavy (non-hydrogen) atoms. The molecule has 0 bridgehead atoms. The highest BCUT2D eigenvalue weighted by Crippen LogP contribution is 2.21. The molecule has 1 atom stereocenters. The number of furan rings is 1. The summed E-state index contributed by atoms with van der Waals surface area (Å²) in [5.41, 5.74) is 1.93. The van der Waals surface area contributed by atoms with Crippen molar-refractivity contribution in [2.24, 2.45) is 0 Å². The Hall–Kier alpha value is -2.82. The molecule has 0 saturated carbocycles. The molecule has 1 N–H and O–H groups in total. The molecule has 0 saturated heterocycles. The van der Waals surface area contributed by atoms with Crippen LogP contribution in [0.1, 0.15) is 29.3 Å². The number of rotatable bonds is 5. The second-order valence-electron chi connectivity index (χ2n) is 5.03.